The van der Waals surface area contributed by atoms with Crippen LogP contribution in [0.15, 0.2) is 29.3 Å². The molecule has 0 amide bonds. The molecule has 0 fully saturated rings. The number of aliphatic imine (C=N–C) groups is 1. The van der Waals surface area contributed by atoms with E-state index >= 15 is 0 Å². The van der Waals surface area contributed by atoms with Crippen molar-refractivity contribution in [2.45, 2.75) is 32.5 Å². The first kappa shape index (κ1) is 25.3. The van der Waals surface area contributed by atoms with E-state index in [1.54, 1.807) is 26.1 Å². The summed E-state index contributed by atoms with van der Waals surface area (Å²) in [7, 11) is 1.62. The van der Waals surface area contributed by atoms with Crippen molar-refractivity contribution in [3.63, 3.8) is 0 Å². The molecule has 0 radical (unpaired) electrons. The molecule has 154 valence electrons. The van der Waals surface area contributed by atoms with Crippen LogP contribution >= 0.6 is 24.0 Å². The topological polar surface area (TPSA) is 72.0 Å². The molecule has 27 heavy (non-hydrogen) atoms. The zero-order chi connectivity index (χ0) is 19.4. The van der Waals surface area contributed by atoms with Gasteiger partial charge in [0, 0.05) is 26.6 Å². The molecule has 0 aliphatic rings. The highest BCUT2D eigenvalue weighted by Gasteiger charge is 2.28. The van der Waals surface area contributed by atoms with Crippen molar-refractivity contribution >= 4 is 35.9 Å². The molecule has 0 aromatic heterocycles. The summed E-state index contributed by atoms with van der Waals surface area (Å²) < 4.78 is 45.8. The first-order valence-corrected chi connectivity index (χ1v) is 8.22. The standard InChI is InChI=1S/C17H24F3N3O3.HI/c1-3-25-15(24)5-4-10-22-16(21-2)23-11-13-6-8-14(9-7-13)26-12-17(18,19)20;/h6-9H,3-5,10-12H2,1-2H3,(H2,21,22,23);1H. The number of rotatable bonds is 9. The lowest BCUT2D eigenvalue weighted by molar-refractivity contribution is -0.153. The highest BCUT2D eigenvalue weighted by molar-refractivity contribution is 14.0. The predicted molar refractivity (Wildman–Crippen MR) is 107 cm³/mol. The molecule has 0 saturated heterocycles. The Kier molecular flexibility index (Phi) is 12.6. The van der Waals surface area contributed by atoms with Gasteiger partial charge < -0.3 is 20.1 Å². The number of ether oxygens (including phenoxy) is 2. The number of esters is 1. The lowest BCUT2D eigenvalue weighted by Gasteiger charge is -2.12. The van der Waals surface area contributed by atoms with E-state index in [1.807, 2.05) is 0 Å². The van der Waals surface area contributed by atoms with E-state index in [4.69, 9.17) is 4.74 Å². The van der Waals surface area contributed by atoms with Crippen LogP contribution in [-0.2, 0) is 16.1 Å². The summed E-state index contributed by atoms with van der Waals surface area (Å²) in [6.45, 7) is 1.82. The molecule has 1 aromatic carbocycles. The van der Waals surface area contributed by atoms with Crippen LogP contribution < -0.4 is 15.4 Å². The minimum Gasteiger partial charge on any atom is -0.484 e. The minimum atomic E-state index is -4.36. The monoisotopic (exact) mass is 503 g/mol. The van der Waals surface area contributed by atoms with Crippen molar-refractivity contribution in [2.75, 3.05) is 26.8 Å². The van der Waals surface area contributed by atoms with Crippen LogP contribution in [-0.4, -0.2) is 44.9 Å². The van der Waals surface area contributed by atoms with E-state index in [-0.39, 0.29) is 35.7 Å². The molecule has 0 aliphatic heterocycles. The van der Waals surface area contributed by atoms with Crippen molar-refractivity contribution in [3.05, 3.63) is 29.8 Å². The van der Waals surface area contributed by atoms with Crippen molar-refractivity contribution in [1.29, 1.82) is 0 Å². The van der Waals surface area contributed by atoms with Crippen LogP contribution in [0.3, 0.4) is 0 Å². The summed E-state index contributed by atoms with van der Waals surface area (Å²) in [6.07, 6.45) is -3.41. The van der Waals surface area contributed by atoms with Gasteiger partial charge in [0.1, 0.15) is 5.75 Å². The number of hydrogen-bond donors (Lipinski definition) is 2. The summed E-state index contributed by atoms with van der Waals surface area (Å²) in [5.41, 5.74) is 0.860. The zero-order valence-corrected chi connectivity index (χ0v) is 17.6. The number of nitrogens with one attached hydrogen (secondary N) is 2. The van der Waals surface area contributed by atoms with Crippen LogP contribution in [0.5, 0.6) is 5.75 Å². The number of halogens is 4. The van der Waals surface area contributed by atoms with Crippen molar-refractivity contribution in [2.24, 2.45) is 4.99 Å². The Morgan fingerprint density at radius 1 is 1.19 bits per heavy atom. The largest absolute Gasteiger partial charge is 0.484 e. The predicted octanol–water partition coefficient (Wildman–Crippen LogP) is 3.25. The summed E-state index contributed by atoms with van der Waals surface area (Å²) in [4.78, 5) is 15.3. The molecule has 0 bridgehead atoms. The van der Waals surface area contributed by atoms with Crippen LogP contribution in [0.4, 0.5) is 13.2 Å². The molecular weight excluding hydrogens is 478 g/mol. The zero-order valence-electron chi connectivity index (χ0n) is 15.3. The second-order valence-corrected chi connectivity index (χ2v) is 5.31. The third-order valence-electron chi connectivity index (χ3n) is 3.16. The molecule has 1 rings (SSSR count). The van der Waals surface area contributed by atoms with Gasteiger partial charge in [0.2, 0.25) is 0 Å². The Labute approximate surface area is 173 Å². The average Bonchev–Trinajstić information content (AvgIpc) is 2.60. The van der Waals surface area contributed by atoms with Gasteiger partial charge in [0.05, 0.1) is 6.61 Å². The fourth-order valence-corrected chi connectivity index (χ4v) is 1.95. The number of benzene rings is 1. The van der Waals surface area contributed by atoms with Gasteiger partial charge in [-0.3, -0.25) is 9.79 Å². The molecule has 0 atom stereocenters. The summed E-state index contributed by atoms with van der Waals surface area (Å²) >= 11 is 0. The molecule has 10 heteroatoms. The number of hydrogen-bond acceptors (Lipinski definition) is 4. The molecule has 0 saturated carbocycles. The van der Waals surface area contributed by atoms with Crippen molar-refractivity contribution < 1.29 is 27.4 Å². The third kappa shape index (κ3) is 12.3. The van der Waals surface area contributed by atoms with Crippen LogP contribution in [0.1, 0.15) is 25.3 Å². The molecule has 1 aromatic rings. The molecule has 6 nitrogen and oxygen atoms in total. The van der Waals surface area contributed by atoms with Gasteiger partial charge in [-0.25, -0.2) is 0 Å². The van der Waals surface area contributed by atoms with Gasteiger partial charge in [0.25, 0.3) is 0 Å². The van der Waals surface area contributed by atoms with E-state index < -0.39 is 12.8 Å². The first-order chi connectivity index (χ1) is 12.3. The van der Waals surface area contributed by atoms with E-state index in [0.717, 1.165) is 5.56 Å². The van der Waals surface area contributed by atoms with Gasteiger partial charge in [-0.05, 0) is 31.0 Å². The Balaban J connectivity index is 0.00000676. The second kappa shape index (κ2) is 13.4. The lowest BCUT2D eigenvalue weighted by atomic mass is 10.2. The summed E-state index contributed by atoms with van der Waals surface area (Å²) in [6, 6.07) is 6.32. The normalized spacial score (nSPS) is 11.4. The fourth-order valence-electron chi connectivity index (χ4n) is 1.95. The van der Waals surface area contributed by atoms with E-state index in [1.165, 1.54) is 12.1 Å². The van der Waals surface area contributed by atoms with Crippen LogP contribution in [0.2, 0.25) is 0 Å². The maximum atomic E-state index is 12.1. The summed E-state index contributed by atoms with van der Waals surface area (Å²) in [5, 5.41) is 6.14. The Hall–Kier alpha value is -1.72. The Morgan fingerprint density at radius 2 is 1.85 bits per heavy atom. The third-order valence-corrected chi connectivity index (χ3v) is 3.16. The number of guanidine groups is 1. The van der Waals surface area contributed by atoms with E-state index in [9.17, 15) is 18.0 Å². The highest BCUT2D eigenvalue weighted by Crippen LogP contribution is 2.18. The maximum Gasteiger partial charge on any atom is 0.422 e. The fraction of sp³-hybridized carbons (Fsp3) is 0.529. The van der Waals surface area contributed by atoms with E-state index in [2.05, 4.69) is 20.4 Å². The molecule has 0 spiro atoms. The first-order valence-electron chi connectivity index (χ1n) is 8.22. The molecule has 2 N–H and O–H groups in total. The number of alkyl halides is 3. The van der Waals surface area contributed by atoms with E-state index in [0.29, 0.717) is 38.5 Å². The van der Waals surface area contributed by atoms with Gasteiger partial charge >= 0.3 is 12.1 Å². The Morgan fingerprint density at radius 3 is 2.41 bits per heavy atom. The number of carbonyl (C=O) groups is 1. The van der Waals surface area contributed by atoms with Crippen molar-refractivity contribution in [1.82, 2.24) is 10.6 Å². The van der Waals surface area contributed by atoms with Gasteiger partial charge in [-0.2, -0.15) is 13.2 Å². The number of nitrogens with zero attached hydrogens (tertiary/aromatic N) is 1. The maximum absolute atomic E-state index is 12.1. The molecule has 0 aliphatic carbocycles. The van der Waals surface area contributed by atoms with Crippen LogP contribution in [0.25, 0.3) is 0 Å². The van der Waals surface area contributed by atoms with Gasteiger partial charge in [-0.1, -0.05) is 12.1 Å². The van der Waals surface area contributed by atoms with Crippen molar-refractivity contribution in [3.8, 4) is 5.75 Å². The van der Waals surface area contributed by atoms with Gasteiger partial charge in [0.15, 0.2) is 12.6 Å². The lowest BCUT2D eigenvalue weighted by Crippen LogP contribution is -2.37. The molecule has 0 heterocycles. The van der Waals surface area contributed by atoms with Crippen LogP contribution in [0, 0.1) is 0 Å². The molecule has 0 unspecified atom stereocenters. The smallest absolute Gasteiger partial charge is 0.422 e. The molecular formula is C17H25F3IN3O3. The quantitative estimate of drug-likeness (QED) is 0.178. The number of carbonyl (C=O) groups excluding carboxylic acids is 1. The minimum absolute atomic E-state index is 0. The summed E-state index contributed by atoms with van der Waals surface area (Å²) in [5.74, 6) is 0.490. The Bertz CT molecular complexity index is 581. The average molecular weight is 503 g/mol. The second-order valence-electron chi connectivity index (χ2n) is 5.31. The SMILES string of the molecule is CCOC(=O)CCCNC(=NC)NCc1ccc(OCC(F)(F)F)cc1.I. The van der Waals surface area contributed by atoms with Gasteiger partial charge in [-0.15, -0.1) is 24.0 Å². The highest BCUT2D eigenvalue weighted by atomic mass is 127.